The zero-order valence-electron chi connectivity index (χ0n) is 35.1. The average Bonchev–Trinajstić information content (AvgIpc) is 3.12. The van der Waals surface area contributed by atoms with E-state index in [4.69, 9.17) is 0 Å². The highest BCUT2D eigenvalue weighted by Gasteiger charge is 2.28. The molecule has 0 saturated heterocycles. The monoisotopic (exact) mass is 729 g/mol. The molecule has 308 valence electrons. The van der Waals surface area contributed by atoms with E-state index < -0.39 is 0 Å². The first kappa shape index (κ1) is 50.8. The summed E-state index contributed by atoms with van der Waals surface area (Å²) in [6.07, 6.45) is 41.5. The maximum absolute atomic E-state index is 9.95. The SMILES string of the molecule is CCCCCCCCCCCCCCCC[N+](CCO)(CCO)CCCCC[N+](CCO)(CCO)CCCCCCCCCCCCCCCC. The van der Waals surface area contributed by atoms with Crippen LogP contribution in [0.4, 0.5) is 0 Å². The summed E-state index contributed by atoms with van der Waals surface area (Å²) < 4.78 is 1.69. The lowest BCUT2D eigenvalue weighted by molar-refractivity contribution is -0.931. The molecule has 0 aliphatic heterocycles. The summed E-state index contributed by atoms with van der Waals surface area (Å²) in [5.41, 5.74) is 0. The van der Waals surface area contributed by atoms with Crippen molar-refractivity contribution in [3.63, 3.8) is 0 Å². The van der Waals surface area contributed by atoms with Gasteiger partial charge in [-0.05, 0) is 44.9 Å². The Morgan fingerprint density at radius 1 is 0.216 bits per heavy atom. The molecular weight excluding hydrogens is 633 g/mol. The molecule has 0 atom stereocenters. The Kier molecular flexibility index (Phi) is 39.3. The first-order valence-corrected chi connectivity index (χ1v) is 23.2. The second-order valence-electron chi connectivity index (χ2n) is 16.6. The fourth-order valence-corrected chi connectivity index (χ4v) is 8.54. The molecule has 0 radical (unpaired) electrons. The summed E-state index contributed by atoms with van der Waals surface area (Å²) in [4.78, 5) is 0. The normalized spacial score (nSPS) is 12.4. The van der Waals surface area contributed by atoms with Gasteiger partial charge >= 0.3 is 0 Å². The van der Waals surface area contributed by atoms with E-state index >= 15 is 0 Å². The largest absolute Gasteiger partial charge is 0.391 e. The van der Waals surface area contributed by atoms with Gasteiger partial charge in [0.1, 0.15) is 26.2 Å². The standard InChI is InChI=1S/C45H96N2O4/c1-3-5-7-9-11-13-15-17-19-21-23-25-27-30-34-46(38-42-48,39-43-49)36-32-29-33-37-47(40-44-50,41-45-51)35-31-28-26-24-22-20-18-16-14-12-10-8-6-4-2/h48-51H,3-45H2,1-2H3/q+2. The van der Waals surface area contributed by atoms with Gasteiger partial charge in [0.05, 0.1) is 52.6 Å². The van der Waals surface area contributed by atoms with Crippen LogP contribution < -0.4 is 0 Å². The molecule has 0 rings (SSSR count). The molecule has 0 saturated carbocycles. The third kappa shape index (κ3) is 31.8. The van der Waals surface area contributed by atoms with Crippen molar-refractivity contribution in [3.8, 4) is 0 Å². The molecular formula is C45H96N2O4+2. The van der Waals surface area contributed by atoms with Crippen LogP contribution in [0.25, 0.3) is 0 Å². The highest BCUT2D eigenvalue weighted by atomic mass is 16.3. The molecule has 0 amide bonds. The van der Waals surface area contributed by atoms with Crippen molar-refractivity contribution in [1.29, 1.82) is 0 Å². The quantitative estimate of drug-likeness (QED) is 0.0372. The molecule has 6 nitrogen and oxygen atoms in total. The Labute approximate surface area is 320 Å². The van der Waals surface area contributed by atoms with Gasteiger partial charge in [-0.15, -0.1) is 0 Å². The number of aliphatic hydroxyl groups is 4. The van der Waals surface area contributed by atoms with Crippen LogP contribution in [0.15, 0.2) is 0 Å². The maximum atomic E-state index is 9.95. The molecule has 0 fully saturated rings. The van der Waals surface area contributed by atoms with Gasteiger partial charge in [-0.2, -0.15) is 0 Å². The third-order valence-electron chi connectivity index (χ3n) is 12.0. The van der Waals surface area contributed by atoms with Crippen molar-refractivity contribution in [2.75, 3.05) is 78.8 Å². The molecule has 0 aromatic carbocycles. The Morgan fingerprint density at radius 3 is 0.549 bits per heavy atom. The van der Waals surface area contributed by atoms with Crippen molar-refractivity contribution in [2.24, 2.45) is 0 Å². The van der Waals surface area contributed by atoms with E-state index in [-0.39, 0.29) is 26.4 Å². The molecule has 0 heterocycles. The smallest absolute Gasteiger partial charge is 0.102 e. The van der Waals surface area contributed by atoms with E-state index in [2.05, 4.69) is 13.8 Å². The van der Waals surface area contributed by atoms with Crippen LogP contribution in [-0.2, 0) is 0 Å². The molecule has 0 aliphatic rings. The lowest BCUT2D eigenvalue weighted by Gasteiger charge is -2.39. The summed E-state index contributed by atoms with van der Waals surface area (Å²) in [5, 5.41) is 39.8. The second-order valence-corrected chi connectivity index (χ2v) is 16.6. The zero-order chi connectivity index (χ0) is 37.4. The van der Waals surface area contributed by atoms with Gasteiger partial charge in [0.15, 0.2) is 0 Å². The number of aliphatic hydroxyl groups excluding tert-OH is 4. The fourth-order valence-electron chi connectivity index (χ4n) is 8.54. The summed E-state index contributed by atoms with van der Waals surface area (Å²) in [6.45, 7) is 12.5. The Hall–Kier alpha value is -0.240. The number of quaternary nitrogens is 2. The summed E-state index contributed by atoms with van der Waals surface area (Å²) in [6, 6.07) is 0. The number of hydrogen-bond donors (Lipinski definition) is 4. The van der Waals surface area contributed by atoms with Crippen molar-refractivity contribution < 1.29 is 29.4 Å². The molecule has 0 aliphatic carbocycles. The van der Waals surface area contributed by atoms with Crippen molar-refractivity contribution in [3.05, 3.63) is 0 Å². The topological polar surface area (TPSA) is 80.9 Å². The van der Waals surface area contributed by atoms with Gasteiger partial charge in [-0.25, -0.2) is 0 Å². The third-order valence-corrected chi connectivity index (χ3v) is 12.0. The van der Waals surface area contributed by atoms with Gasteiger partial charge in [0.2, 0.25) is 0 Å². The molecule has 0 aromatic rings. The van der Waals surface area contributed by atoms with E-state index in [1.165, 1.54) is 180 Å². The molecule has 0 bridgehead atoms. The summed E-state index contributed by atoms with van der Waals surface area (Å²) in [5.74, 6) is 0. The minimum Gasteiger partial charge on any atom is -0.391 e. The molecule has 6 heteroatoms. The predicted octanol–water partition coefficient (Wildman–Crippen LogP) is 10.7. The lowest BCUT2D eigenvalue weighted by Crippen LogP contribution is -2.53. The van der Waals surface area contributed by atoms with Gasteiger partial charge in [-0.3, -0.25) is 0 Å². The zero-order valence-corrected chi connectivity index (χ0v) is 35.1. The van der Waals surface area contributed by atoms with E-state index in [9.17, 15) is 20.4 Å². The first-order chi connectivity index (χ1) is 25.1. The van der Waals surface area contributed by atoms with Gasteiger partial charge in [0, 0.05) is 0 Å². The Balaban J connectivity index is 4.33. The van der Waals surface area contributed by atoms with Gasteiger partial charge in [-0.1, -0.05) is 168 Å². The van der Waals surface area contributed by atoms with Crippen LogP contribution in [0.3, 0.4) is 0 Å². The predicted molar refractivity (Wildman–Crippen MR) is 222 cm³/mol. The fraction of sp³-hybridized carbons (Fsp3) is 1.00. The van der Waals surface area contributed by atoms with Crippen molar-refractivity contribution in [1.82, 2.24) is 0 Å². The molecule has 0 aromatic heterocycles. The van der Waals surface area contributed by atoms with Crippen molar-refractivity contribution in [2.45, 2.75) is 213 Å². The van der Waals surface area contributed by atoms with Crippen LogP contribution in [0.5, 0.6) is 0 Å². The van der Waals surface area contributed by atoms with Crippen LogP contribution in [0.1, 0.15) is 213 Å². The number of unbranched alkanes of at least 4 members (excludes halogenated alkanes) is 28. The van der Waals surface area contributed by atoms with E-state index in [0.29, 0.717) is 0 Å². The summed E-state index contributed by atoms with van der Waals surface area (Å²) >= 11 is 0. The first-order valence-electron chi connectivity index (χ1n) is 23.2. The molecule has 0 unspecified atom stereocenters. The van der Waals surface area contributed by atoms with E-state index in [0.717, 1.165) is 80.6 Å². The average molecular weight is 729 g/mol. The van der Waals surface area contributed by atoms with Gasteiger partial charge < -0.3 is 29.4 Å². The van der Waals surface area contributed by atoms with Crippen LogP contribution >= 0.6 is 0 Å². The minimum absolute atomic E-state index is 0.185. The van der Waals surface area contributed by atoms with Gasteiger partial charge in [0.25, 0.3) is 0 Å². The number of hydrogen-bond acceptors (Lipinski definition) is 4. The molecule has 4 N–H and O–H groups in total. The van der Waals surface area contributed by atoms with Crippen LogP contribution in [0, 0.1) is 0 Å². The molecule has 0 spiro atoms. The highest BCUT2D eigenvalue weighted by molar-refractivity contribution is 4.55. The van der Waals surface area contributed by atoms with Crippen LogP contribution in [-0.4, -0.2) is 108 Å². The molecule has 51 heavy (non-hydrogen) atoms. The lowest BCUT2D eigenvalue weighted by atomic mass is 10.0. The van der Waals surface area contributed by atoms with E-state index in [1.54, 1.807) is 0 Å². The highest BCUT2D eigenvalue weighted by Crippen LogP contribution is 2.19. The minimum atomic E-state index is 0.185. The van der Waals surface area contributed by atoms with E-state index in [1.807, 2.05) is 0 Å². The Bertz CT molecular complexity index is 598. The Morgan fingerprint density at radius 2 is 0.373 bits per heavy atom. The van der Waals surface area contributed by atoms with Crippen LogP contribution in [0.2, 0.25) is 0 Å². The maximum Gasteiger partial charge on any atom is 0.102 e. The number of rotatable bonds is 44. The number of nitrogens with zero attached hydrogens (tertiary/aromatic N) is 2. The van der Waals surface area contributed by atoms with Crippen molar-refractivity contribution >= 4 is 0 Å². The second kappa shape index (κ2) is 39.5. The summed E-state index contributed by atoms with van der Waals surface area (Å²) in [7, 11) is 0.